The highest BCUT2D eigenvalue weighted by molar-refractivity contribution is 5.84. The van der Waals surface area contributed by atoms with Crippen LogP contribution < -0.4 is 0 Å². The van der Waals surface area contributed by atoms with Gasteiger partial charge in [0.15, 0.2) is 11.6 Å². The molecule has 20 heavy (non-hydrogen) atoms. The van der Waals surface area contributed by atoms with E-state index in [1.807, 2.05) is 0 Å². The quantitative estimate of drug-likeness (QED) is 0.904. The van der Waals surface area contributed by atoms with Crippen LogP contribution in [-0.4, -0.2) is 28.9 Å². The lowest BCUT2D eigenvalue weighted by atomic mass is 9.89. The van der Waals surface area contributed by atoms with Crippen molar-refractivity contribution in [1.82, 2.24) is 4.90 Å². The van der Waals surface area contributed by atoms with Crippen LogP contribution in [0.15, 0.2) is 18.2 Å². The molecule has 0 aliphatic carbocycles. The molecule has 1 N–H and O–H groups in total. The third kappa shape index (κ3) is 4.01. The summed E-state index contributed by atoms with van der Waals surface area (Å²) in [5, 5.41) is 8.97. The number of benzene rings is 1. The van der Waals surface area contributed by atoms with Crippen molar-refractivity contribution in [2.45, 2.75) is 26.8 Å². The Morgan fingerprint density at radius 3 is 2.35 bits per heavy atom. The highest BCUT2D eigenvalue weighted by Crippen LogP contribution is 2.22. The Balaban J connectivity index is 2.71. The molecule has 0 spiro atoms. The van der Waals surface area contributed by atoms with Crippen molar-refractivity contribution in [3.63, 3.8) is 0 Å². The van der Waals surface area contributed by atoms with E-state index in [-0.39, 0.29) is 18.9 Å². The van der Waals surface area contributed by atoms with E-state index in [9.17, 15) is 18.4 Å². The van der Waals surface area contributed by atoms with Gasteiger partial charge in [-0.2, -0.15) is 0 Å². The molecule has 0 bridgehead atoms. The maximum atomic E-state index is 13.1. The van der Waals surface area contributed by atoms with Gasteiger partial charge in [0.2, 0.25) is 5.91 Å². The van der Waals surface area contributed by atoms with Gasteiger partial charge in [-0.15, -0.1) is 0 Å². The summed E-state index contributed by atoms with van der Waals surface area (Å²) in [7, 11) is 1.49. The Kier molecular flexibility index (Phi) is 4.81. The summed E-state index contributed by atoms with van der Waals surface area (Å²) in [6, 6.07) is 3.39. The molecular weight excluding hydrogens is 268 g/mol. The minimum atomic E-state index is -1.17. The molecule has 1 aromatic carbocycles. The average molecular weight is 285 g/mol. The van der Waals surface area contributed by atoms with Crippen molar-refractivity contribution in [2.24, 2.45) is 5.41 Å². The van der Waals surface area contributed by atoms with Gasteiger partial charge in [-0.3, -0.25) is 9.59 Å². The summed E-state index contributed by atoms with van der Waals surface area (Å²) in [5.41, 5.74) is -0.729. The number of amides is 1. The SMILES string of the molecule is CN(Cc1ccc(F)c(F)c1)C(=O)CC(C)(C)C(=O)O. The standard InChI is InChI=1S/C14H17F2NO3/c1-14(2,13(19)20)7-12(18)17(3)8-9-4-5-10(15)11(16)6-9/h4-6H,7-8H2,1-3H3,(H,19,20). The van der Waals surface area contributed by atoms with Gasteiger partial charge in [-0.25, -0.2) is 8.78 Å². The van der Waals surface area contributed by atoms with Gasteiger partial charge in [0.1, 0.15) is 0 Å². The maximum Gasteiger partial charge on any atom is 0.309 e. The molecule has 0 aliphatic heterocycles. The number of carboxylic acid groups (broad SMARTS) is 1. The molecule has 110 valence electrons. The van der Waals surface area contributed by atoms with Crippen molar-refractivity contribution in [3.8, 4) is 0 Å². The van der Waals surface area contributed by atoms with Crippen LogP contribution in [0, 0.1) is 17.0 Å². The molecule has 1 aromatic rings. The summed E-state index contributed by atoms with van der Waals surface area (Å²) < 4.78 is 25.8. The molecule has 0 fully saturated rings. The normalized spacial score (nSPS) is 11.2. The fourth-order valence-electron chi connectivity index (χ4n) is 1.59. The van der Waals surface area contributed by atoms with Gasteiger partial charge in [-0.1, -0.05) is 6.07 Å². The van der Waals surface area contributed by atoms with Crippen molar-refractivity contribution < 1.29 is 23.5 Å². The van der Waals surface area contributed by atoms with Crippen LogP contribution in [0.25, 0.3) is 0 Å². The van der Waals surface area contributed by atoms with E-state index in [1.54, 1.807) is 0 Å². The minimum absolute atomic E-state index is 0.0890. The number of nitrogens with zero attached hydrogens (tertiary/aromatic N) is 1. The molecule has 6 heteroatoms. The summed E-state index contributed by atoms with van der Waals surface area (Å²) in [6.45, 7) is 3.00. The van der Waals surface area contributed by atoms with Crippen LogP contribution >= 0.6 is 0 Å². The zero-order chi connectivity index (χ0) is 15.5. The molecule has 0 unspecified atom stereocenters. The van der Waals surface area contributed by atoms with E-state index < -0.39 is 23.0 Å². The first kappa shape index (κ1) is 16.1. The number of halogens is 2. The summed E-state index contributed by atoms with van der Waals surface area (Å²) in [4.78, 5) is 24.2. The van der Waals surface area contributed by atoms with Crippen LogP contribution in [0.4, 0.5) is 8.78 Å². The van der Waals surface area contributed by atoms with Crippen molar-refractivity contribution >= 4 is 11.9 Å². The third-order valence-corrected chi connectivity index (χ3v) is 3.00. The van der Waals surface area contributed by atoms with Gasteiger partial charge in [0.05, 0.1) is 5.41 Å². The van der Waals surface area contributed by atoms with Crippen LogP contribution in [-0.2, 0) is 16.1 Å². The maximum absolute atomic E-state index is 13.1. The summed E-state index contributed by atoms with van der Waals surface area (Å²) >= 11 is 0. The lowest BCUT2D eigenvalue weighted by molar-refractivity contribution is -0.151. The van der Waals surface area contributed by atoms with Gasteiger partial charge in [0.25, 0.3) is 0 Å². The fourth-order valence-corrected chi connectivity index (χ4v) is 1.59. The first-order chi connectivity index (χ1) is 9.13. The Morgan fingerprint density at radius 2 is 1.85 bits per heavy atom. The number of carboxylic acids is 1. The highest BCUT2D eigenvalue weighted by Gasteiger charge is 2.31. The topological polar surface area (TPSA) is 57.6 Å². The molecule has 0 heterocycles. The molecule has 0 saturated heterocycles. The number of hydrogen-bond donors (Lipinski definition) is 1. The van der Waals surface area contributed by atoms with Crippen LogP contribution in [0.5, 0.6) is 0 Å². The molecular formula is C14H17F2NO3. The lowest BCUT2D eigenvalue weighted by Crippen LogP contribution is -2.34. The van der Waals surface area contributed by atoms with E-state index in [0.29, 0.717) is 5.56 Å². The number of hydrogen-bond acceptors (Lipinski definition) is 2. The van der Waals surface area contributed by atoms with Gasteiger partial charge >= 0.3 is 5.97 Å². The lowest BCUT2D eigenvalue weighted by Gasteiger charge is -2.23. The minimum Gasteiger partial charge on any atom is -0.481 e. The second-order valence-corrected chi connectivity index (χ2v) is 5.36. The van der Waals surface area contributed by atoms with Gasteiger partial charge < -0.3 is 10.0 Å². The molecule has 1 amide bonds. The highest BCUT2D eigenvalue weighted by atomic mass is 19.2. The Morgan fingerprint density at radius 1 is 1.25 bits per heavy atom. The second-order valence-electron chi connectivity index (χ2n) is 5.36. The first-order valence-corrected chi connectivity index (χ1v) is 6.05. The van der Waals surface area contributed by atoms with Crippen molar-refractivity contribution in [2.75, 3.05) is 7.05 Å². The summed E-state index contributed by atoms with van der Waals surface area (Å²) in [5.74, 6) is -3.36. The fraction of sp³-hybridized carbons (Fsp3) is 0.429. The number of carbonyl (C=O) groups is 2. The molecule has 0 saturated carbocycles. The number of aliphatic carboxylic acids is 1. The van der Waals surface area contributed by atoms with E-state index in [1.165, 1.54) is 31.9 Å². The van der Waals surface area contributed by atoms with Crippen molar-refractivity contribution in [1.29, 1.82) is 0 Å². The zero-order valence-electron chi connectivity index (χ0n) is 11.6. The Labute approximate surface area is 116 Å². The van der Waals surface area contributed by atoms with E-state index in [4.69, 9.17) is 5.11 Å². The smallest absolute Gasteiger partial charge is 0.309 e. The van der Waals surface area contributed by atoms with Crippen LogP contribution in [0.1, 0.15) is 25.8 Å². The monoisotopic (exact) mass is 285 g/mol. The summed E-state index contributed by atoms with van der Waals surface area (Å²) in [6.07, 6.45) is -0.164. The number of carbonyl (C=O) groups excluding carboxylic acids is 1. The molecule has 1 rings (SSSR count). The van der Waals surface area contributed by atoms with Crippen LogP contribution in [0.2, 0.25) is 0 Å². The first-order valence-electron chi connectivity index (χ1n) is 6.05. The predicted octanol–water partition coefficient (Wildman–Crippen LogP) is 2.42. The Bertz CT molecular complexity index is 529. The molecule has 0 atom stereocenters. The van der Waals surface area contributed by atoms with E-state index in [2.05, 4.69) is 0 Å². The van der Waals surface area contributed by atoms with Crippen molar-refractivity contribution in [3.05, 3.63) is 35.4 Å². The zero-order valence-corrected chi connectivity index (χ0v) is 11.6. The van der Waals surface area contributed by atoms with E-state index in [0.717, 1.165) is 12.1 Å². The predicted molar refractivity (Wildman–Crippen MR) is 68.9 cm³/mol. The van der Waals surface area contributed by atoms with E-state index >= 15 is 0 Å². The molecule has 0 aromatic heterocycles. The number of rotatable bonds is 5. The molecule has 4 nitrogen and oxygen atoms in total. The third-order valence-electron chi connectivity index (χ3n) is 3.00. The van der Waals surface area contributed by atoms with Crippen LogP contribution in [0.3, 0.4) is 0 Å². The molecule has 0 radical (unpaired) electrons. The van der Waals surface area contributed by atoms with Gasteiger partial charge in [0, 0.05) is 20.0 Å². The average Bonchev–Trinajstić information content (AvgIpc) is 2.33. The Hall–Kier alpha value is -1.98. The second kappa shape index (κ2) is 5.98. The van der Waals surface area contributed by atoms with Gasteiger partial charge in [-0.05, 0) is 31.5 Å². The molecule has 0 aliphatic rings. The largest absolute Gasteiger partial charge is 0.481 e.